The van der Waals surface area contributed by atoms with E-state index < -0.39 is 4.92 Å². The second-order valence-corrected chi connectivity index (χ2v) is 10.3. The Morgan fingerprint density at radius 1 is 0.914 bits per heavy atom. The third-order valence-electron chi connectivity index (χ3n) is 7.34. The molecule has 1 unspecified atom stereocenters. The number of carbonyl (C=O) groups excluding carboxylic acids is 1. The average molecular weight is 478 g/mol. The van der Waals surface area contributed by atoms with Gasteiger partial charge in [-0.1, -0.05) is 76.5 Å². The minimum absolute atomic E-state index is 0.0576. The number of allylic oxidation sites excluding steroid dienone is 7. The third-order valence-corrected chi connectivity index (χ3v) is 7.34. The van der Waals surface area contributed by atoms with Gasteiger partial charge in [0.1, 0.15) is 11.4 Å². The summed E-state index contributed by atoms with van der Waals surface area (Å²) in [6, 6.07) is 8.58. The van der Waals surface area contributed by atoms with Crippen LogP contribution in [0.15, 0.2) is 71.6 Å². The Hall–Kier alpha value is -2.79. The minimum atomic E-state index is -0.456. The van der Waals surface area contributed by atoms with Crippen LogP contribution in [0.5, 0.6) is 0 Å². The van der Waals surface area contributed by atoms with Crippen molar-refractivity contribution in [3.8, 4) is 0 Å². The summed E-state index contributed by atoms with van der Waals surface area (Å²) in [5, 5.41) is 11.2. The predicted octanol–water partition coefficient (Wildman–Crippen LogP) is 6.52. The van der Waals surface area contributed by atoms with Crippen LogP contribution >= 0.6 is 0 Å². The topological polar surface area (TPSA) is 64.7 Å². The second kappa shape index (κ2) is 12.8. The standard InChI is InChI=1S/C30H40N2O3/c1-4-5-6-7-8-9-10-11-12-15-22-31-27-17-14-13-16-26(27)30(2,3)29(31)21-18-24-23-25(32(34)35)19-20-28(24)33/h13-14,16-21,23H,4-12,15,22H2,1-3H3/p+1. The van der Waals surface area contributed by atoms with Gasteiger partial charge < -0.3 is 0 Å². The van der Waals surface area contributed by atoms with Crippen LogP contribution < -0.4 is 4.90 Å². The van der Waals surface area contributed by atoms with Gasteiger partial charge in [0.15, 0.2) is 5.78 Å². The van der Waals surface area contributed by atoms with Crippen molar-refractivity contribution in [2.24, 2.45) is 0 Å². The number of para-hydroxylation sites is 1. The van der Waals surface area contributed by atoms with Gasteiger partial charge in [0.2, 0.25) is 0 Å². The first-order chi connectivity index (χ1) is 16.9. The lowest BCUT2D eigenvalue weighted by Gasteiger charge is -2.21. The summed E-state index contributed by atoms with van der Waals surface area (Å²) in [6.07, 6.45) is 20.8. The van der Waals surface area contributed by atoms with E-state index in [1.54, 1.807) is 6.08 Å². The highest BCUT2D eigenvalue weighted by Gasteiger charge is 2.44. The number of ketones is 1. The SMILES string of the molecule is CCCCCCCCCCCC[NH+]1C(=CC=C2C=C([N+](=O)[O-])C=CC2=O)C(C)(C)c2ccccc21. The van der Waals surface area contributed by atoms with Crippen molar-refractivity contribution in [3.05, 3.63) is 87.3 Å². The fourth-order valence-corrected chi connectivity index (χ4v) is 5.28. The summed E-state index contributed by atoms with van der Waals surface area (Å²) in [6.45, 7) is 7.72. The smallest absolute Gasteiger partial charge is 0.270 e. The number of fused-ring (bicyclic) bond motifs is 1. The number of benzene rings is 1. The van der Waals surface area contributed by atoms with Crippen molar-refractivity contribution in [2.75, 3.05) is 6.54 Å². The minimum Gasteiger partial charge on any atom is -0.289 e. The summed E-state index contributed by atoms with van der Waals surface area (Å²) < 4.78 is 0. The highest BCUT2D eigenvalue weighted by atomic mass is 16.6. The predicted molar refractivity (Wildman–Crippen MR) is 142 cm³/mol. The zero-order valence-corrected chi connectivity index (χ0v) is 21.6. The Morgan fingerprint density at radius 2 is 1.54 bits per heavy atom. The molecule has 35 heavy (non-hydrogen) atoms. The Kier molecular flexibility index (Phi) is 9.79. The monoisotopic (exact) mass is 477 g/mol. The number of nitrogens with zero attached hydrogens (tertiary/aromatic N) is 1. The number of hydrogen-bond acceptors (Lipinski definition) is 3. The molecule has 2 aliphatic rings. The molecule has 0 saturated carbocycles. The molecule has 0 radical (unpaired) electrons. The molecule has 1 aliphatic heterocycles. The molecule has 5 nitrogen and oxygen atoms in total. The molecule has 188 valence electrons. The molecule has 1 atom stereocenters. The Morgan fingerprint density at radius 3 is 2.20 bits per heavy atom. The molecule has 0 amide bonds. The van der Waals surface area contributed by atoms with Crippen LogP contribution in [0, 0.1) is 10.1 Å². The van der Waals surface area contributed by atoms with Crippen LogP contribution in [0.3, 0.4) is 0 Å². The highest BCUT2D eigenvalue weighted by Crippen LogP contribution is 2.38. The summed E-state index contributed by atoms with van der Waals surface area (Å²) in [4.78, 5) is 24.4. The van der Waals surface area contributed by atoms with E-state index in [0.29, 0.717) is 5.57 Å². The maximum absolute atomic E-state index is 12.3. The van der Waals surface area contributed by atoms with Crippen molar-refractivity contribution < 1.29 is 14.6 Å². The first-order valence-electron chi connectivity index (χ1n) is 13.3. The number of nitro groups is 1. The van der Waals surface area contributed by atoms with E-state index in [1.807, 2.05) is 6.08 Å². The third kappa shape index (κ3) is 6.88. The van der Waals surface area contributed by atoms with Crippen molar-refractivity contribution in [1.29, 1.82) is 0 Å². The van der Waals surface area contributed by atoms with E-state index >= 15 is 0 Å². The van der Waals surface area contributed by atoms with Crippen molar-refractivity contribution in [2.45, 2.75) is 90.4 Å². The van der Waals surface area contributed by atoms with E-state index in [4.69, 9.17) is 0 Å². The number of carbonyl (C=O) groups is 1. The first-order valence-corrected chi connectivity index (χ1v) is 13.3. The van der Waals surface area contributed by atoms with E-state index in [-0.39, 0.29) is 16.9 Å². The molecule has 1 aliphatic carbocycles. The molecule has 1 heterocycles. The van der Waals surface area contributed by atoms with E-state index in [9.17, 15) is 14.9 Å². The second-order valence-electron chi connectivity index (χ2n) is 10.3. The Balaban J connectivity index is 1.68. The maximum atomic E-state index is 12.3. The van der Waals surface area contributed by atoms with Gasteiger partial charge in [-0.3, -0.25) is 19.8 Å². The molecule has 1 aromatic carbocycles. The summed E-state index contributed by atoms with van der Waals surface area (Å²) >= 11 is 0. The van der Waals surface area contributed by atoms with Crippen LogP contribution in [-0.2, 0) is 10.2 Å². The van der Waals surface area contributed by atoms with Gasteiger partial charge in [-0.2, -0.15) is 0 Å². The van der Waals surface area contributed by atoms with Gasteiger partial charge >= 0.3 is 0 Å². The van der Waals surface area contributed by atoms with E-state index in [0.717, 1.165) is 13.0 Å². The average Bonchev–Trinajstić information content (AvgIpc) is 3.05. The molecule has 1 N–H and O–H groups in total. The molecule has 0 spiro atoms. The van der Waals surface area contributed by atoms with Crippen LogP contribution in [0.4, 0.5) is 5.69 Å². The zero-order chi connectivity index (χ0) is 25.3. The Bertz CT molecular complexity index is 1030. The van der Waals surface area contributed by atoms with Crippen LogP contribution in [0.1, 0.15) is 90.5 Å². The molecular formula is C30H41N2O3+. The van der Waals surface area contributed by atoms with Gasteiger partial charge in [0.25, 0.3) is 5.70 Å². The fourth-order valence-electron chi connectivity index (χ4n) is 5.28. The molecule has 0 bridgehead atoms. The van der Waals surface area contributed by atoms with Gasteiger partial charge in [-0.15, -0.1) is 0 Å². The summed E-state index contributed by atoms with van der Waals surface area (Å²) in [5.41, 5.74) is 3.94. The first kappa shape index (κ1) is 26.8. The number of nitrogens with one attached hydrogen (secondary N) is 1. The number of quaternary nitrogens is 1. The van der Waals surface area contributed by atoms with Gasteiger partial charge in [0, 0.05) is 23.3 Å². The largest absolute Gasteiger partial charge is 0.289 e. The molecule has 0 saturated heterocycles. The highest BCUT2D eigenvalue weighted by molar-refractivity contribution is 6.07. The van der Waals surface area contributed by atoms with Gasteiger partial charge in [-0.25, -0.2) is 0 Å². The number of hydrogen-bond donors (Lipinski definition) is 1. The van der Waals surface area contributed by atoms with Crippen molar-refractivity contribution in [3.63, 3.8) is 0 Å². The Labute approximate surface area is 210 Å². The van der Waals surface area contributed by atoms with Gasteiger partial charge in [-0.05, 0) is 51.0 Å². The van der Waals surface area contributed by atoms with Crippen LogP contribution in [0.2, 0.25) is 0 Å². The number of unbranched alkanes of at least 4 members (excludes halogenated alkanes) is 9. The normalized spacial score (nSPS) is 20.9. The van der Waals surface area contributed by atoms with Gasteiger partial charge in [0.05, 0.1) is 16.9 Å². The summed E-state index contributed by atoms with van der Waals surface area (Å²) in [7, 11) is 0. The molecule has 5 heteroatoms. The molecular weight excluding hydrogens is 436 g/mol. The lowest BCUT2D eigenvalue weighted by molar-refractivity contribution is -0.789. The lowest BCUT2D eigenvalue weighted by atomic mass is 9.83. The lowest BCUT2D eigenvalue weighted by Crippen LogP contribution is -3.04. The van der Waals surface area contributed by atoms with Crippen molar-refractivity contribution >= 4 is 11.5 Å². The maximum Gasteiger partial charge on any atom is 0.270 e. The number of rotatable bonds is 13. The quantitative estimate of drug-likeness (QED) is 0.152. The zero-order valence-electron chi connectivity index (χ0n) is 21.6. The molecule has 0 aromatic heterocycles. The van der Waals surface area contributed by atoms with E-state index in [1.165, 1.54) is 97.9 Å². The molecule has 1 aromatic rings. The van der Waals surface area contributed by atoms with E-state index in [2.05, 4.69) is 45.0 Å². The summed E-state index contributed by atoms with van der Waals surface area (Å²) in [5.74, 6) is -0.197. The fraction of sp³-hybridized carbons (Fsp3) is 0.500. The van der Waals surface area contributed by atoms with Crippen LogP contribution in [-0.4, -0.2) is 17.3 Å². The molecule has 0 fully saturated rings. The molecule has 3 rings (SSSR count). The van der Waals surface area contributed by atoms with Crippen LogP contribution in [0.25, 0.3) is 0 Å². The van der Waals surface area contributed by atoms with Crippen molar-refractivity contribution in [1.82, 2.24) is 0 Å².